The largest absolute Gasteiger partial charge is 0.495 e. The van der Waals surface area contributed by atoms with E-state index in [0.29, 0.717) is 46.8 Å². The Morgan fingerprint density at radius 1 is 1.00 bits per heavy atom. The summed E-state index contributed by atoms with van der Waals surface area (Å²) in [5.41, 5.74) is 2.92. The van der Waals surface area contributed by atoms with Crippen molar-refractivity contribution in [3.8, 4) is 11.5 Å². The number of fused-ring (bicyclic) bond motifs is 2. The highest BCUT2D eigenvalue weighted by atomic mass is 32.1. The molecule has 7 rings (SSSR count). The summed E-state index contributed by atoms with van der Waals surface area (Å²) in [6.07, 6.45) is 8.42. The van der Waals surface area contributed by atoms with E-state index >= 15 is 0 Å². The lowest BCUT2D eigenvalue weighted by Crippen LogP contribution is -2.54. The van der Waals surface area contributed by atoms with Crippen LogP contribution in [0.25, 0.3) is 10.2 Å². The van der Waals surface area contributed by atoms with Gasteiger partial charge in [-0.1, -0.05) is 6.07 Å². The van der Waals surface area contributed by atoms with Crippen LogP contribution in [0.15, 0.2) is 48.8 Å². The summed E-state index contributed by atoms with van der Waals surface area (Å²) in [6.45, 7) is 2.47. The number of nitrogens with one attached hydrogen (secondary N) is 3. The molecule has 1 atom stereocenters. The van der Waals surface area contributed by atoms with Gasteiger partial charge in [0.25, 0.3) is 17.7 Å². The number of rotatable bonds is 13. The quantitative estimate of drug-likeness (QED) is 0.123. The molecule has 1 saturated carbocycles. The van der Waals surface area contributed by atoms with Gasteiger partial charge in [-0.2, -0.15) is 0 Å². The lowest BCUT2D eigenvalue weighted by atomic mass is 9.82. The molecule has 1 saturated heterocycles. The number of nitrogens with zero attached hydrogens (tertiary/aromatic N) is 4. The van der Waals surface area contributed by atoms with Gasteiger partial charge in [-0.25, -0.2) is 4.98 Å². The van der Waals surface area contributed by atoms with Crippen LogP contribution in [0.2, 0.25) is 0 Å². The maximum absolute atomic E-state index is 13.4. The van der Waals surface area contributed by atoms with Gasteiger partial charge in [-0.3, -0.25) is 39.2 Å². The number of ether oxygens (including phenoxy) is 2. The molecule has 1 aliphatic carbocycles. The minimum atomic E-state index is -0.990. The van der Waals surface area contributed by atoms with Crippen molar-refractivity contribution in [3.63, 3.8) is 0 Å². The first kappa shape index (κ1) is 36.9. The monoisotopic (exact) mass is 753 g/mol. The van der Waals surface area contributed by atoms with Crippen LogP contribution < -0.4 is 25.4 Å². The van der Waals surface area contributed by atoms with Gasteiger partial charge in [0.1, 0.15) is 17.5 Å². The number of anilines is 2. The van der Waals surface area contributed by atoms with E-state index in [2.05, 4.69) is 32.9 Å². The zero-order chi connectivity index (χ0) is 37.9. The molecule has 2 fully saturated rings. The van der Waals surface area contributed by atoms with Gasteiger partial charge in [0.05, 0.1) is 58.0 Å². The van der Waals surface area contributed by atoms with Crippen molar-refractivity contribution in [2.45, 2.75) is 56.9 Å². The van der Waals surface area contributed by atoms with Crippen LogP contribution in [0.4, 0.5) is 11.4 Å². The highest BCUT2D eigenvalue weighted by molar-refractivity contribution is 7.18. The van der Waals surface area contributed by atoms with Crippen molar-refractivity contribution in [2.24, 2.45) is 5.92 Å². The van der Waals surface area contributed by atoms with Gasteiger partial charge >= 0.3 is 0 Å². The van der Waals surface area contributed by atoms with Crippen LogP contribution in [0.3, 0.4) is 0 Å². The fourth-order valence-electron chi connectivity index (χ4n) is 7.62. The molecule has 0 bridgehead atoms. The summed E-state index contributed by atoms with van der Waals surface area (Å²) < 4.78 is 11.8. The third-order valence-electron chi connectivity index (χ3n) is 10.5. The molecule has 4 aromatic rings. The number of hydrogen-bond donors (Lipinski definition) is 3. The number of carbonyl (C=O) groups is 5. The predicted octanol–water partition coefficient (Wildman–Crippen LogP) is 5.07. The Morgan fingerprint density at radius 3 is 2.57 bits per heavy atom. The topological polar surface area (TPSA) is 172 Å². The molecular weight excluding hydrogens is 711 g/mol. The lowest BCUT2D eigenvalue weighted by molar-refractivity contribution is -0.136. The predicted molar refractivity (Wildman–Crippen MR) is 203 cm³/mol. The van der Waals surface area contributed by atoms with E-state index in [4.69, 9.17) is 14.5 Å². The Balaban J connectivity index is 0.884. The number of methoxy groups -OCH3 is 2. The number of imide groups is 2. The van der Waals surface area contributed by atoms with Crippen LogP contribution >= 0.6 is 11.3 Å². The molecule has 0 radical (unpaired) electrons. The fourth-order valence-corrected chi connectivity index (χ4v) is 8.78. The van der Waals surface area contributed by atoms with Crippen molar-refractivity contribution in [1.29, 1.82) is 0 Å². The van der Waals surface area contributed by atoms with Crippen molar-refractivity contribution >= 4 is 62.5 Å². The van der Waals surface area contributed by atoms with E-state index in [1.54, 1.807) is 48.9 Å². The highest BCUT2D eigenvalue weighted by Gasteiger charge is 2.45. The first-order valence-electron chi connectivity index (χ1n) is 18.2. The van der Waals surface area contributed by atoms with E-state index in [1.807, 2.05) is 12.1 Å². The molecule has 282 valence electrons. The number of benzene rings is 2. The van der Waals surface area contributed by atoms with Gasteiger partial charge < -0.3 is 25.0 Å². The average molecular weight is 754 g/mol. The first-order chi connectivity index (χ1) is 26.1. The summed E-state index contributed by atoms with van der Waals surface area (Å²) in [6, 6.07) is 9.56. The highest BCUT2D eigenvalue weighted by Crippen LogP contribution is 2.41. The van der Waals surface area contributed by atoms with Gasteiger partial charge in [-0.05, 0) is 82.3 Å². The summed E-state index contributed by atoms with van der Waals surface area (Å²) >= 11 is 1.67. The Labute approximate surface area is 316 Å². The zero-order valence-corrected chi connectivity index (χ0v) is 31.3. The molecule has 0 spiro atoms. The molecule has 14 nitrogen and oxygen atoms in total. The molecule has 5 amide bonds. The van der Waals surface area contributed by atoms with Crippen molar-refractivity contribution in [3.05, 3.63) is 70.5 Å². The summed E-state index contributed by atoms with van der Waals surface area (Å²) in [7, 11) is 5.24. The second kappa shape index (κ2) is 15.9. The third-order valence-corrected chi connectivity index (χ3v) is 11.6. The molecule has 4 heterocycles. The molecule has 15 heteroatoms. The van der Waals surface area contributed by atoms with Gasteiger partial charge in [0.2, 0.25) is 11.8 Å². The Hall–Kier alpha value is -5.41. The standard InChI is InChI=1S/C39H43N7O7S/c1-45(15-5-14-41-27-7-4-6-26-34(27)39(51)46(38(26)50)30-12-13-33(47)44-36(30)49)21-22-8-10-23(11-9-22)37-43-29-17-31(53-3)28(18-32(29)54-37)42-35(48)24-16-25(52-2)20-40-19-24/h4,6-7,16-20,22-23,30,41H,5,8-15,21H2,1-3H3,(H,42,48)(H,44,47,49). The molecule has 2 aliphatic heterocycles. The molecule has 2 aromatic heterocycles. The number of piperidine rings is 1. The normalized spacial score (nSPS) is 19.9. The number of amides is 5. The summed E-state index contributed by atoms with van der Waals surface area (Å²) in [4.78, 5) is 76.0. The number of aromatic nitrogens is 2. The smallest absolute Gasteiger partial charge is 0.264 e. The van der Waals surface area contributed by atoms with Gasteiger partial charge in [-0.15, -0.1) is 11.3 Å². The van der Waals surface area contributed by atoms with E-state index in [1.165, 1.54) is 13.3 Å². The van der Waals surface area contributed by atoms with Crippen molar-refractivity contribution < 1.29 is 33.4 Å². The van der Waals surface area contributed by atoms with E-state index < -0.39 is 29.7 Å². The average Bonchev–Trinajstić information content (AvgIpc) is 3.70. The molecule has 3 aliphatic rings. The SMILES string of the molecule is COc1cncc(C(=O)Nc2cc3sc(C4CCC(CN(C)CCCNc5cccc6c5C(=O)N(C5CCC(=O)NC5=O)C6=O)CC4)nc3cc2OC)c1. The number of pyridine rings is 1. The van der Waals surface area contributed by atoms with Crippen LogP contribution in [0.5, 0.6) is 11.5 Å². The van der Waals surface area contributed by atoms with Crippen molar-refractivity contribution in [2.75, 3.05) is 51.5 Å². The van der Waals surface area contributed by atoms with Crippen LogP contribution in [-0.4, -0.2) is 96.2 Å². The maximum atomic E-state index is 13.4. The third kappa shape index (κ3) is 7.64. The summed E-state index contributed by atoms with van der Waals surface area (Å²) in [5.74, 6) is -0.340. The van der Waals surface area contributed by atoms with Crippen LogP contribution in [-0.2, 0) is 9.59 Å². The Morgan fingerprint density at radius 2 is 1.81 bits per heavy atom. The minimum absolute atomic E-state index is 0.0821. The second-order valence-corrected chi connectivity index (χ2v) is 15.1. The molecule has 54 heavy (non-hydrogen) atoms. The number of carbonyl (C=O) groups excluding carboxylic acids is 5. The fraction of sp³-hybridized carbons (Fsp3) is 0.410. The van der Waals surface area contributed by atoms with E-state index in [0.717, 1.165) is 65.3 Å². The molecule has 3 N–H and O–H groups in total. The van der Waals surface area contributed by atoms with Gasteiger partial charge in [0, 0.05) is 43.4 Å². The van der Waals surface area contributed by atoms with Crippen LogP contribution in [0.1, 0.15) is 86.9 Å². The Kier molecular flexibility index (Phi) is 10.9. The molecule has 2 aromatic carbocycles. The maximum Gasteiger partial charge on any atom is 0.264 e. The van der Waals surface area contributed by atoms with Crippen molar-refractivity contribution in [1.82, 2.24) is 25.1 Å². The first-order valence-corrected chi connectivity index (χ1v) is 19.0. The second-order valence-electron chi connectivity index (χ2n) is 14.1. The summed E-state index contributed by atoms with van der Waals surface area (Å²) in [5, 5.41) is 9.64. The van der Waals surface area contributed by atoms with E-state index in [-0.39, 0.29) is 29.9 Å². The minimum Gasteiger partial charge on any atom is -0.495 e. The number of hydrogen-bond acceptors (Lipinski definition) is 12. The Bertz CT molecular complexity index is 2110. The van der Waals surface area contributed by atoms with Crippen LogP contribution in [0, 0.1) is 5.92 Å². The lowest BCUT2D eigenvalue weighted by Gasteiger charge is -2.30. The zero-order valence-electron chi connectivity index (χ0n) is 30.5. The number of thiazole rings is 1. The van der Waals surface area contributed by atoms with E-state index in [9.17, 15) is 24.0 Å². The van der Waals surface area contributed by atoms with Gasteiger partial charge in [0.15, 0.2) is 0 Å². The molecular formula is C39H43N7O7S. The molecule has 1 unspecified atom stereocenters.